The Balaban J connectivity index is 1.25. The van der Waals surface area contributed by atoms with E-state index in [0.29, 0.717) is 35.5 Å². The number of nitrogens with one attached hydrogen (secondary N) is 4. The van der Waals surface area contributed by atoms with Crippen LogP contribution in [0.4, 0.5) is 5.69 Å². The van der Waals surface area contributed by atoms with Crippen molar-refractivity contribution in [2.24, 2.45) is 0 Å². The highest BCUT2D eigenvalue weighted by molar-refractivity contribution is 5.97. The van der Waals surface area contributed by atoms with Crippen LogP contribution >= 0.6 is 0 Å². The van der Waals surface area contributed by atoms with E-state index in [1.165, 1.54) is 0 Å². The number of nitrogens with zero attached hydrogens (tertiary/aromatic N) is 5. The summed E-state index contributed by atoms with van der Waals surface area (Å²) in [5.41, 5.74) is 3.61. The fourth-order valence-electron chi connectivity index (χ4n) is 5.86. The Bertz CT molecular complexity index is 1830. The standard InChI is InChI=1S/C32H35N9O5/c1-4-6-24(29-37-39-40-38-29)35-28(42)14-12-25(32(45)46)36-30(43)19-7-10-21(11-8-19)41(15-5-2)27-13-9-20-16-26-23(17-22(20)27)31(44)34-18(3)33-26/h2,7-8,10-11,16-17,24-25,27H,4,6,9,12-15H2,1,3H3,(H,35,42)(H,36,43)(H,45,46)(H,33,34,44)(H,37,38,39,40)/t24-,25+,27+/m1/s1. The molecule has 46 heavy (non-hydrogen) atoms. The monoisotopic (exact) mass is 625 g/mol. The lowest BCUT2D eigenvalue weighted by molar-refractivity contribution is -0.139. The molecule has 0 aliphatic heterocycles. The van der Waals surface area contributed by atoms with Gasteiger partial charge in [0.15, 0.2) is 5.82 Å². The molecule has 0 saturated carbocycles. The zero-order valence-electron chi connectivity index (χ0n) is 25.5. The number of carboxylic acid groups (broad SMARTS) is 1. The highest BCUT2D eigenvalue weighted by Gasteiger charge is 2.30. The van der Waals surface area contributed by atoms with Gasteiger partial charge in [-0.05, 0) is 80.1 Å². The van der Waals surface area contributed by atoms with Gasteiger partial charge in [-0.25, -0.2) is 9.78 Å². The first-order valence-electron chi connectivity index (χ1n) is 15.1. The molecule has 5 rings (SSSR count). The van der Waals surface area contributed by atoms with Crippen LogP contribution in [0.5, 0.6) is 0 Å². The number of H-pyrrole nitrogens is 2. The number of carboxylic acids is 1. The van der Waals surface area contributed by atoms with Gasteiger partial charge in [0.05, 0.1) is 29.5 Å². The summed E-state index contributed by atoms with van der Waals surface area (Å²) in [6.07, 6.45) is 8.44. The van der Waals surface area contributed by atoms with Crippen LogP contribution in [0.1, 0.15) is 84.2 Å². The molecule has 14 heteroatoms. The van der Waals surface area contributed by atoms with E-state index in [4.69, 9.17) is 6.42 Å². The predicted octanol–water partition coefficient (Wildman–Crippen LogP) is 2.49. The number of aromatic nitrogens is 6. The molecule has 0 saturated heterocycles. The van der Waals surface area contributed by atoms with Crippen molar-refractivity contribution in [2.75, 3.05) is 11.4 Å². The minimum absolute atomic E-state index is 0.0876. The number of terminal acetylenes is 1. The normalized spacial score (nSPS) is 15.0. The van der Waals surface area contributed by atoms with Crippen LogP contribution < -0.4 is 21.1 Å². The van der Waals surface area contributed by atoms with Gasteiger partial charge < -0.3 is 25.6 Å². The van der Waals surface area contributed by atoms with Gasteiger partial charge in [0.1, 0.15) is 11.9 Å². The summed E-state index contributed by atoms with van der Waals surface area (Å²) in [5, 5.41) is 29.3. The van der Waals surface area contributed by atoms with Crippen LogP contribution in [0, 0.1) is 19.3 Å². The quantitative estimate of drug-likeness (QED) is 0.138. The van der Waals surface area contributed by atoms with Gasteiger partial charge in [0.2, 0.25) is 5.91 Å². The van der Waals surface area contributed by atoms with Crippen LogP contribution in [0.25, 0.3) is 10.9 Å². The van der Waals surface area contributed by atoms with Crippen molar-refractivity contribution in [3.8, 4) is 12.3 Å². The first-order valence-corrected chi connectivity index (χ1v) is 15.1. The maximum absolute atomic E-state index is 13.0. The fraction of sp³-hybridized carbons (Fsp3) is 0.375. The number of aliphatic carboxylic acids is 1. The number of benzene rings is 2. The van der Waals surface area contributed by atoms with E-state index < -0.39 is 24.0 Å². The summed E-state index contributed by atoms with van der Waals surface area (Å²) in [6.45, 7) is 4.00. The third-order valence-electron chi connectivity index (χ3n) is 8.08. The van der Waals surface area contributed by atoms with Crippen LogP contribution in [-0.2, 0) is 16.0 Å². The van der Waals surface area contributed by atoms with Crippen LogP contribution in [0.15, 0.2) is 41.2 Å². The van der Waals surface area contributed by atoms with Gasteiger partial charge in [0.25, 0.3) is 11.5 Å². The van der Waals surface area contributed by atoms with E-state index in [-0.39, 0.29) is 35.9 Å². The Labute approximate surface area is 264 Å². The van der Waals surface area contributed by atoms with Gasteiger partial charge in [-0.1, -0.05) is 24.5 Å². The first kappa shape index (κ1) is 31.8. The number of carbonyl (C=O) groups is 3. The molecule has 4 aromatic rings. The lowest BCUT2D eigenvalue weighted by Gasteiger charge is -2.30. The highest BCUT2D eigenvalue weighted by atomic mass is 16.4. The molecule has 0 spiro atoms. The van der Waals surface area contributed by atoms with Crippen molar-refractivity contribution >= 4 is 34.4 Å². The van der Waals surface area contributed by atoms with Crippen molar-refractivity contribution in [3.05, 3.63) is 75.1 Å². The average molecular weight is 626 g/mol. The number of tetrazole rings is 1. The van der Waals surface area contributed by atoms with E-state index in [1.54, 1.807) is 31.2 Å². The van der Waals surface area contributed by atoms with E-state index in [2.05, 4.69) is 47.1 Å². The number of amides is 2. The van der Waals surface area contributed by atoms with E-state index in [0.717, 1.165) is 36.1 Å². The first-order chi connectivity index (χ1) is 22.2. The zero-order chi connectivity index (χ0) is 32.8. The average Bonchev–Trinajstić information content (AvgIpc) is 3.71. The van der Waals surface area contributed by atoms with Crippen molar-refractivity contribution < 1.29 is 19.5 Å². The van der Waals surface area contributed by atoms with Crippen LogP contribution in [0.3, 0.4) is 0 Å². The van der Waals surface area contributed by atoms with Crippen molar-refractivity contribution in [1.82, 2.24) is 41.2 Å². The van der Waals surface area contributed by atoms with Gasteiger partial charge in [-0.15, -0.1) is 16.6 Å². The number of aryl methyl sites for hydroxylation is 2. The largest absolute Gasteiger partial charge is 0.480 e. The van der Waals surface area contributed by atoms with Gasteiger partial charge in [-0.3, -0.25) is 14.4 Å². The Morgan fingerprint density at radius 1 is 1.17 bits per heavy atom. The second-order valence-corrected chi connectivity index (χ2v) is 11.2. The summed E-state index contributed by atoms with van der Waals surface area (Å²) in [4.78, 5) is 59.5. The molecule has 1 aliphatic rings. The minimum Gasteiger partial charge on any atom is -0.480 e. The smallest absolute Gasteiger partial charge is 0.326 e. The summed E-state index contributed by atoms with van der Waals surface area (Å²) in [5.74, 6) is 1.39. The van der Waals surface area contributed by atoms with Crippen molar-refractivity contribution in [3.63, 3.8) is 0 Å². The van der Waals surface area contributed by atoms with Gasteiger partial charge in [0, 0.05) is 17.7 Å². The Hall–Kier alpha value is -5.58. The van der Waals surface area contributed by atoms with Crippen molar-refractivity contribution in [1.29, 1.82) is 0 Å². The third kappa shape index (κ3) is 7.04. The zero-order valence-corrected chi connectivity index (χ0v) is 25.5. The molecule has 0 radical (unpaired) electrons. The molecule has 3 atom stereocenters. The molecule has 2 aromatic heterocycles. The maximum atomic E-state index is 13.0. The summed E-state index contributed by atoms with van der Waals surface area (Å²) in [6, 6.07) is 8.77. The molecule has 0 bridgehead atoms. The Morgan fingerprint density at radius 3 is 2.63 bits per heavy atom. The van der Waals surface area contributed by atoms with E-state index in [1.807, 2.05) is 24.0 Å². The number of aromatic amines is 2. The fourth-order valence-corrected chi connectivity index (χ4v) is 5.86. The maximum Gasteiger partial charge on any atom is 0.326 e. The van der Waals surface area contributed by atoms with E-state index >= 15 is 0 Å². The molecule has 2 aromatic carbocycles. The SMILES string of the molecule is C#CCN(c1ccc(C(=O)N[C@@H](CCC(=O)N[C@H](CCC)c2nn[nH]n2)C(=O)O)cc1)[C@H]1CCc2cc3nc(C)[nH]c(=O)c3cc21. The number of hydrogen-bond acceptors (Lipinski definition) is 9. The molecule has 2 heterocycles. The number of fused-ring (bicyclic) bond motifs is 2. The lowest BCUT2D eigenvalue weighted by atomic mass is 10.0. The Kier molecular flexibility index (Phi) is 9.70. The summed E-state index contributed by atoms with van der Waals surface area (Å²) in [7, 11) is 0. The van der Waals surface area contributed by atoms with Crippen molar-refractivity contribution in [2.45, 2.75) is 70.5 Å². The van der Waals surface area contributed by atoms with E-state index in [9.17, 15) is 24.3 Å². The van der Waals surface area contributed by atoms with Gasteiger partial charge in [-0.2, -0.15) is 5.21 Å². The molecule has 1 aliphatic carbocycles. The number of rotatable bonds is 13. The second kappa shape index (κ2) is 14.0. The molecule has 0 unspecified atom stereocenters. The molecule has 14 nitrogen and oxygen atoms in total. The van der Waals surface area contributed by atoms with Crippen LogP contribution in [-0.4, -0.2) is 66.1 Å². The summed E-state index contributed by atoms with van der Waals surface area (Å²) >= 11 is 0. The third-order valence-corrected chi connectivity index (χ3v) is 8.08. The minimum atomic E-state index is -1.28. The lowest BCUT2D eigenvalue weighted by Crippen LogP contribution is -2.42. The van der Waals surface area contributed by atoms with Gasteiger partial charge >= 0.3 is 5.97 Å². The number of carbonyl (C=O) groups excluding carboxylic acids is 2. The number of anilines is 1. The molecule has 238 valence electrons. The molecular formula is C32H35N9O5. The molecule has 2 amide bonds. The Morgan fingerprint density at radius 2 is 1.96 bits per heavy atom. The molecule has 5 N–H and O–H groups in total. The number of hydrogen-bond donors (Lipinski definition) is 5. The highest BCUT2D eigenvalue weighted by Crippen LogP contribution is 2.39. The second-order valence-electron chi connectivity index (χ2n) is 11.2. The van der Waals surface area contributed by atoms with Crippen LogP contribution in [0.2, 0.25) is 0 Å². The molecular weight excluding hydrogens is 590 g/mol. The summed E-state index contributed by atoms with van der Waals surface area (Å²) < 4.78 is 0. The topological polar surface area (TPSA) is 199 Å². The predicted molar refractivity (Wildman–Crippen MR) is 169 cm³/mol. The molecule has 0 fully saturated rings.